The van der Waals surface area contributed by atoms with Crippen LogP contribution in [0, 0.1) is 5.82 Å². The summed E-state index contributed by atoms with van der Waals surface area (Å²) < 4.78 is 23.9. The summed E-state index contributed by atoms with van der Waals surface area (Å²) in [4.78, 5) is 40.6. The highest BCUT2D eigenvalue weighted by molar-refractivity contribution is 5.95. The highest BCUT2D eigenvalue weighted by atomic mass is 19.1. The van der Waals surface area contributed by atoms with Gasteiger partial charge in [0.25, 0.3) is 5.91 Å². The van der Waals surface area contributed by atoms with Gasteiger partial charge in [-0.25, -0.2) is 4.39 Å². The zero-order valence-electron chi connectivity index (χ0n) is 19.2. The Hall–Kier alpha value is -4.66. The van der Waals surface area contributed by atoms with Gasteiger partial charge >= 0.3 is 0 Å². The van der Waals surface area contributed by atoms with E-state index in [4.69, 9.17) is 8.83 Å². The second-order valence-electron chi connectivity index (χ2n) is 7.92. The molecule has 0 saturated heterocycles. The van der Waals surface area contributed by atoms with Gasteiger partial charge in [0, 0.05) is 6.54 Å². The number of furan rings is 2. The predicted molar refractivity (Wildman–Crippen MR) is 128 cm³/mol. The molecule has 0 saturated carbocycles. The number of halogens is 1. The molecule has 9 heteroatoms. The lowest BCUT2D eigenvalue weighted by Gasteiger charge is -2.31. The normalized spacial score (nSPS) is 11.5. The molecule has 36 heavy (non-hydrogen) atoms. The van der Waals surface area contributed by atoms with Crippen LogP contribution in [0.1, 0.15) is 33.5 Å². The molecule has 2 N–H and O–H groups in total. The summed E-state index contributed by atoms with van der Waals surface area (Å²) in [5.74, 6) is -1.32. The lowest BCUT2D eigenvalue weighted by atomic mass is 10.0. The minimum Gasteiger partial charge on any atom is -0.467 e. The van der Waals surface area contributed by atoms with Crippen molar-refractivity contribution in [1.29, 1.82) is 0 Å². The van der Waals surface area contributed by atoms with E-state index >= 15 is 0 Å². The predicted octanol–water partition coefficient (Wildman–Crippen LogP) is 3.83. The number of amides is 3. The molecule has 2 heterocycles. The molecule has 1 unspecified atom stereocenters. The minimum atomic E-state index is -1.03. The van der Waals surface area contributed by atoms with Gasteiger partial charge in [-0.05, 0) is 47.5 Å². The molecule has 184 valence electrons. The van der Waals surface area contributed by atoms with Crippen molar-refractivity contribution in [2.24, 2.45) is 0 Å². The number of hydrogen-bond acceptors (Lipinski definition) is 5. The van der Waals surface area contributed by atoms with E-state index in [1.807, 2.05) is 0 Å². The van der Waals surface area contributed by atoms with Crippen molar-refractivity contribution < 1.29 is 27.6 Å². The second kappa shape index (κ2) is 11.7. The molecular weight excluding hydrogens is 465 g/mol. The summed E-state index contributed by atoms with van der Waals surface area (Å²) in [6, 6.07) is 19.9. The van der Waals surface area contributed by atoms with Crippen molar-refractivity contribution in [3.8, 4) is 0 Å². The van der Waals surface area contributed by atoms with E-state index in [-0.39, 0.29) is 25.4 Å². The van der Waals surface area contributed by atoms with Gasteiger partial charge in [0.2, 0.25) is 11.8 Å². The Bertz CT molecular complexity index is 1270. The third kappa shape index (κ3) is 6.26. The Labute approximate surface area is 206 Å². The Morgan fingerprint density at radius 3 is 2.22 bits per heavy atom. The van der Waals surface area contributed by atoms with Gasteiger partial charge in [-0.2, -0.15) is 0 Å². The zero-order valence-corrected chi connectivity index (χ0v) is 19.2. The molecule has 1 atom stereocenters. The first-order chi connectivity index (χ1) is 17.5. The number of nitrogens with zero attached hydrogens (tertiary/aromatic N) is 1. The molecule has 0 bridgehead atoms. The van der Waals surface area contributed by atoms with Crippen molar-refractivity contribution >= 4 is 17.7 Å². The minimum absolute atomic E-state index is 0.00344. The molecule has 4 aromatic rings. The average Bonchev–Trinajstić information content (AvgIpc) is 3.62. The highest BCUT2D eigenvalue weighted by Crippen LogP contribution is 2.24. The lowest BCUT2D eigenvalue weighted by Crippen LogP contribution is -2.46. The number of benzene rings is 2. The molecule has 0 fully saturated rings. The summed E-state index contributed by atoms with van der Waals surface area (Å²) in [5, 5.41) is 5.34. The summed E-state index contributed by atoms with van der Waals surface area (Å²) >= 11 is 0. The van der Waals surface area contributed by atoms with Crippen molar-refractivity contribution in [2.45, 2.75) is 19.1 Å². The molecule has 0 radical (unpaired) electrons. The molecule has 2 aromatic carbocycles. The van der Waals surface area contributed by atoms with E-state index in [1.54, 1.807) is 60.7 Å². The van der Waals surface area contributed by atoms with Crippen molar-refractivity contribution in [2.75, 3.05) is 6.54 Å². The van der Waals surface area contributed by atoms with Crippen LogP contribution in [0.5, 0.6) is 0 Å². The van der Waals surface area contributed by atoms with Crippen LogP contribution in [-0.2, 0) is 22.7 Å². The van der Waals surface area contributed by atoms with Crippen molar-refractivity contribution in [3.05, 3.63) is 120 Å². The first-order valence-corrected chi connectivity index (χ1v) is 11.2. The van der Waals surface area contributed by atoms with Gasteiger partial charge in [-0.1, -0.05) is 42.5 Å². The summed E-state index contributed by atoms with van der Waals surface area (Å²) in [5.41, 5.74) is 1.18. The molecule has 0 spiro atoms. The maximum atomic E-state index is 13.5. The molecule has 0 aliphatic heterocycles. The fraction of sp³-hybridized carbons (Fsp3) is 0.148. The van der Waals surface area contributed by atoms with Crippen LogP contribution in [0.2, 0.25) is 0 Å². The number of carbonyl (C=O) groups is 3. The van der Waals surface area contributed by atoms with E-state index in [9.17, 15) is 18.8 Å². The van der Waals surface area contributed by atoms with Crippen LogP contribution >= 0.6 is 0 Å². The zero-order chi connectivity index (χ0) is 25.3. The quantitative estimate of drug-likeness (QED) is 0.352. The SMILES string of the molecule is O=C(NCC(=O)N(Cc1ccc(F)cc1)C(C(=O)NCc1ccco1)c1ccccc1)c1ccco1. The first kappa shape index (κ1) is 24.5. The van der Waals surface area contributed by atoms with E-state index in [0.717, 1.165) is 0 Å². The molecule has 4 rings (SSSR count). The van der Waals surface area contributed by atoms with Crippen LogP contribution < -0.4 is 10.6 Å². The molecule has 2 aromatic heterocycles. The fourth-order valence-corrected chi connectivity index (χ4v) is 3.65. The van der Waals surface area contributed by atoms with Gasteiger partial charge in [-0.15, -0.1) is 0 Å². The highest BCUT2D eigenvalue weighted by Gasteiger charge is 2.32. The summed E-state index contributed by atoms with van der Waals surface area (Å²) in [7, 11) is 0. The number of hydrogen-bond donors (Lipinski definition) is 2. The standard InChI is InChI=1S/C27H24FN3O5/c28-21-12-10-19(11-13-21)18-31(24(32)17-30-26(33)23-9-5-15-36-23)25(20-6-2-1-3-7-20)27(34)29-16-22-8-4-14-35-22/h1-15,25H,16-18H2,(H,29,34)(H,30,33). The third-order valence-corrected chi connectivity index (χ3v) is 5.42. The Kier molecular flexibility index (Phi) is 7.92. The van der Waals surface area contributed by atoms with Crippen molar-refractivity contribution in [1.82, 2.24) is 15.5 Å². The second-order valence-corrected chi connectivity index (χ2v) is 7.92. The van der Waals surface area contributed by atoms with E-state index in [0.29, 0.717) is 16.9 Å². The van der Waals surface area contributed by atoms with Crippen LogP contribution in [-0.4, -0.2) is 29.2 Å². The average molecular weight is 490 g/mol. The largest absolute Gasteiger partial charge is 0.467 e. The number of carbonyl (C=O) groups excluding carboxylic acids is 3. The van der Waals surface area contributed by atoms with Gasteiger partial charge in [-0.3, -0.25) is 14.4 Å². The van der Waals surface area contributed by atoms with Crippen LogP contribution in [0.3, 0.4) is 0 Å². The molecular formula is C27H24FN3O5. The Morgan fingerprint density at radius 2 is 1.56 bits per heavy atom. The summed E-state index contributed by atoms with van der Waals surface area (Å²) in [6.07, 6.45) is 2.86. The molecule has 8 nitrogen and oxygen atoms in total. The maximum absolute atomic E-state index is 13.5. The lowest BCUT2D eigenvalue weighted by molar-refractivity contribution is -0.141. The van der Waals surface area contributed by atoms with E-state index < -0.39 is 29.6 Å². The van der Waals surface area contributed by atoms with Gasteiger partial charge in [0.05, 0.1) is 25.6 Å². The van der Waals surface area contributed by atoms with Crippen LogP contribution in [0.15, 0.2) is 100 Å². The smallest absolute Gasteiger partial charge is 0.287 e. The van der Waals surface area contributed by atoms with Crippen LogP contribution in [0.4, 0.5) is 4.39 Å². The van der Waals surface area contributed by atoms with E-state index in [1.165, 1.54) is 35.6 Å². The number of nitrogens with one attached hydrogen (secondary N) is 2. The third-order valence-electron chi connectivity index (χ3n) is 5.42. The molecule has 3 amide bonds. The summed E-state index contributed by atoms with van der Waals surface area (Å²) in [6.45, 7) is -0.248. The van der Waals surface area contributed by atoms with Gasteiger partial charge in [0.15, 0.2) is 5.76 Å². The Balaban J connectivity index is 1.61. The maximum Gasteiger partial charge on any atom is 0.287 e. The van der Waals surface area contributed by atoms with E-state index in [2.05, 4.69) is 10.6 Å². The molecule has 0 aliphatic carbocycles. The topological polar surface area (TPSA) is 105 Å². The van der Waals surface area contributed by atoms with Crippen LogP contribution in [0.25, 0.3) is 0 Å². The number of rotatable bonds is 10. The fourth-order valence-electron chi connectivity index (χ4n) is 3.65. The van der Waals surface area contributed by atoms with Gasteiger partial charge < -0.3 is 24.4 Å². The Morgan fingerprint density at radius 1 is 0.833 bits per heavy atom. The molecule has 0 aliphatic rings. The monoisotopic (exact) mass is 489 g/mol. The van der Waals surface area contributed by atoms with Gasteiger partial charge in [0.1, 0.15) is 17.6 Å². The van der Waals surface area contributed by atoms with Crippen molar-refractivity contribution in [3.63, 3.8) is 0 Å². The first-order valence-electron chi connectivity index (χ1n) is 11.2.